The minimum atomic E-state index is 0. The van der Waals surface area contributed by atoms with E-state index >= 15 is 0 Å². The van der Waals surface area contributed by atoms with E-state index in [2.05, 4.69) is 6.08 Å². The van der Waals surface area contributed by atoms with Gasteiger partial charge in [0, 0.05) is 49.0 Å². The molecule has 1 radical (unpaired) electrons. The summed E-state index contributed by atoms with van der Waals surface area (Å²) in [6.45, 7) is 0.705. The van der Waals surface area contributed by atoms with Crippen LogP contribution in [0.15, 0.2) is 30.3 Å². The zero-order chi connectivity index (χ0) is 6.81. The Morgan fingerprint density at radius 2 is 1.92 bits per heavy atom. The standard InChI is InChI=1S/C9H8O.Au.Mo/c1-2-6-9-8(4-1)5-3-7-10-9;;/h1-6H,7H2;;. The molecule has 0 bridgehead atoms. The summed E-state index contributed by atoms with van der Waals surface area (Å²) in [5.74, 6) is 0.991. The fraction of sp³-hybridized carbons (Fsp3) is 0.111. The molecule has 0 atom stereocenters. The van der Waals surface area contributed by atoms with Gasteiger partial charge in [0.1, 0.15) is 12.4 Å². The van der Waals surface area contributed by atoms with Crippen molar-refractivity contribution in [3.05, 3.63) is 35.9 Å². The smallest absolute Gasteiger partial charge is 0.126 e. The monoisotopic (exact) mass is 427 g/mol. The van der Waals surface area contributed by atoms with Crippen molar-refractivity contribution in [3.63, 3.8) is 0 Å². The summed E-state index contributed by atoms with van der Waals surface area (Å²) in [4.78, 5) is 0. The number of ether oxygens (including phenoxy) is 1. The molecule has 1 heterocycles. The number of benzene rings is 1. The van der Waals surface area contributed by atoms with Crippen LogP contribution in [0.3, 0.4) is 0 Å². The van der Waals surface area contributed by atoms with E-state index in [1.165, 1.54) is 5.56 Å². The Morgan fingerprint density at radius 3 is 2.67 bits per heavy atom. The fourth-order valence-electron chi connectivity index (χ4n) is 1.06. The Kier molecular flexibility index (Phi) is 5.86. The average Bonchev–Trinajstić information content (AvgIpc) is 2.05. The van der Waals surface area contributed by atoms with Crippen molar-refractivity contribution in [2.45, 2.75) is 0 Å². The molecule has 12 heavy (non-hydrogen) atoms. The van der Waals surface area contributed by atoms with Crippen molar-refractivity contribution in [1.29, 1.82) is 0 Å². The number of fused-ring (bicyclic) bond motifs is 1. The quantitative estimate of drug-likeness (QED) is 0.579. The first kappa shape index (κ1) is 12.2. The Bertz CT molecular complexity index is 273. The maximum absolute atomic E-state index is 5.34. The van der Waals surface area contributed by atoms with Gasteiger partial charge < -0.3 is 4.74 Å². The molecule has 3 heteroatoms. The fourth-order valence-corrected chi connectivity index (χ4v) is 1.06. The van der Waals surface area contributed by atoms with Gasteiger partial charge in [-0.3, -0.25) is 0 Å². The molecule has 0 unspecified atom stereocenters. The van der Waals surface area contributed by atoms with Gasteiger partial charge in [-0.1, -0.05) is 24.3 Å². The van der Waals surface area contributed by atoms with Crippen LogP contribution >= 0.6 is 0 Å². The topological polar surface area (TPSA) is 9.23 Å². The van der Waals surface area contributed by atoms with Gasteiger partial charge in [-0.25, -0.2) is 0 Å². The molecule has 0 aromatic heterocycles. The SMILES string of the molecule is C1=Cc2ccccc2OC1.[Au].[Mo]. The maximum atomic E-state index is 5.34. The molecule has 1 nitrogen and oxygen atoms in total. The predicted molar refractivity (Wildman–Crippen MR) is 41.0 cm³/mol. The van der Waals surface area contributed by atoms with E-state index in [1.807, 2.05) is 30.3 Å². The zero-order valence-electron chi connectivity index (χ0n) is 6.29. The van der Waals surface area contributed by atoms with E-state index in [0.29, 0.717) is 6.61 Å². The first-order valence-electron chi connectivity index (χ1n) is 3.35. The number of para-hydroxylation sites is 1. The zero-order valence-corrected chi connectivity index (χ0v) is 10.5. The number of hydrogen-bond acceptors (Lipinski definition) is 1. The second kappa shape index (κ2) is 5.77. The van der Waals surface area contributed by atoms with Crippen molar-refractivity contribution in [2.24, 2.45) is 0 Å². The Balaban J connectivity index is 0.000000605. The number of hydrogen-bond donors (Lipinski definition) is 0. The van der Waals surface area contributed by atoms with Crippen molar-refractivity contribution < 1.29 is 48.2 Å². The molecule has 0 N–H and O–H groups in total. The molecule has 0 spiro atoms. The van der Waals surface area contributed by atoms with E-state index in [4.69, 9.17) is 4.74 Å². The van der Waals surface area contributed by atoms with E-state index < -0.39 is 0 Å². The third kappa shape index (κ3) is 2.60. The summed E-state index contributed by atoms with van der Waals surface area (Å²) >= 11 is 0. The summed E-state index contributed by atoms with van der Waals surface area (Å²) in [5.41, 5.74) is 1.17. The molecule has 0 aliphatic carbocycles. The predicted octanol–water partition coefficient (Wildman–Crippen LogP) is 2.09. The molecule has 0 saturated heterocycles. The summed E-state index contributed by atoms with van der Waals surface area (Å²) in [7, 11) is 0. The van der Waals surface area contributed by atoms with Gasteiger partial charge >= 0.3 is 0 Å². The molecule has 67 valence electrons. The van der Waals surface area contributed by atoms with Crippen LogP contribution in [0.4, 0.5) is 0 Å². The second-order valence-corrected chi connectivity index (χ2v) is 2.25. The third-order valence-electron chi connectivity index (χ3n) is 1.55. The van der Waals surface area contributed by atoms with E-state index in [-0.39, 0.29) is 43.4 Å². The van der Waals surface area contributed by atoms with Crippen molar-refractivity contribution in [1.82, 2.24) is 0 Å². The molecule has 1 aromatic carbocycles. The van der Waals surface area contributed by atoms with Crippen LogP contribution in [0.1, 0.15) is 5.56 Å². The van der Waals surface area contributed by atoms with Crippen molar-refractivity contribution >= 4 is 6.08 Å². The van der Waals surface area contributed by atoms with Crippen LogP contribution in [0.2, 0.25) is 0 Å². The summed E-state index contributed by atoms with van der Waals surface area (Å²) < 4.78 is 5.34. The molecule has 1 aliphatic heterocycles. The summed E-state index contributed by atoms with van der Waals surface area (Å²) in [5, 5.41) is 0. The normalized spacial score (nSPS) is 11.7. The second-order valence-electron chi connectivity index (χ2n) is 2.25. The van der Waals surface area contributed by atoms with Gasteiger partial charge in [0.2, 0.25) is 0 Å². The van der Waals surface area contributed by atoms with Gasteiger partial charge in [-0.15, -0.1) is 0 Å². The third-order valence-corrected chi connectivity index (χ3v) is 1.55. The maximum Gasteiger partial charge on any atom is 0.126 e. The van der Waals surface area contributed by atoms with Gasteiger partial charge in [0.15, 0.2) is 0 Å². The van der Waals surface area contributed by atoms with E-state index in [0.717, 1.165) is 5.75 Å². The van der Waals surface area contributed by atoms with Crippen LogP contribution in [0.5, 0.6) is 5.75 Å². The van der Waals surface area contributed by atoms with Crippen molar-refractivity contribution in [2.75, 3.05) is 6.61 Å². The van der Waals surface area contributed by atoms with Gasteiger partial charge in [0.05, 0.1) is 0 Å². The number of rotatable bonds is 0. The van der Waals surface area contributed by atoms with E-state index in [9.17, 15) is 0 Å². The summed E-state index contributed by atoms with van der Waals surface area (Å²) in [6, 6.07) is 8.03. The molecular weight excluding hydrogens is 417 g/mol. The Morgan fingerprint density at radius 1 is 1.17 bits per heavy atom. The first-order chi connectivity index (χ1) is 4.97. The van der Waals surface area contributed by atoms with Gasteiger partial charge in [-0.2, -0.15) is 0 Å². The van der Waals surface area contributed by atoms with Crippen LogP contribution in [-0.2, 0) is 43.4 Å². The molecule has 0 amide bonds. The molecular formula is C9H8AuMoO. The van der Waals surface area contributed by atoms with Crippen LogP contribution in [0.25, 0.3) is 6.08 Å². The Labute approximate surface area is 102 Å². The van der Waals surface area contributed by atoms with Gasteiger partial charge in [0.25, 0.3) is 0 Å². The molecule has 0 fully saturated rings. The minimum absolute atomic E-state index is 0. The largest absolute Gasteiger partial charge is 0.489 e. The minimum Gasteiger partial charge on any atom is -0.489 e. The molecule has 2 rings (SSSR count). The van der Waals surface area contributed by atoms with Crippen LogP contribution in [-0.4, -0.2) is 6.61 Å². The molecule has 1 aliphatic rings. The molecule has 1 aromatic rings. The Hall–Kier alpha value is 0.189. The summed E-state index contributed by atoms with van der Waals surface area (Å²) in [6.07, 6.45) is 4.10. The van der Waals surface area contributed by atoms with Crippen LogP contribution in [0, 0.1) is 0 Å². The van der Waals surface area contributed by atoms with E-state index in [1.54, 1.807) is 0 Å². The average molecular weight is 425 g/mol. The molecule has 0 saturated carbocycles. The first-order valence-corrected chi connectivity index (χ1v) is 3.35. The van der Waals surface area contributed by atoms with Gasteiger partial charge in [-0.05, 0) is 12.1 Å². The van der Waals surface area contributed by atoms with Crippen molar-refractivity contribution in [3.8, 4) is 5.75 Å². The van der Waals surface area contributed by atoms with Crippen LogP contribution < -0.4 is 4.74 Å².